The molecule has 1 aliphatic heterocycles. The first kappa shape index (κ1) is 19.3. The topological polar surface area (TPSA) is 50.4 Å². The predicted molar refractivity (Wildman–Crippen MR) is 102 cm³/mol. The number of amides is 1. The molecule has 0 radical (unpaired) electrons. The van der Waals surface area contributed by atoms with Gasteiger partial charge in [-0.25, -0.2) is 0 Å². The van der Waals surface area contributed by atoms with Gasteiger partial charge in [-0.2, -0.15) is 0 Å². The van der Waals surface area contributed by atoms with Gasteiger partial charge in [-0.3, -0.25) is 4.79 Å². The number of hydrogen-bond acceptors (Lipinski definition) is 3. The molecule has 0 aromatic heterocycles. The number of ether oxygens (including phenoxy) is 1. The molecule has 1 unspecified atom stereocenters. The minimum Gasteiger partial charge on any atom is -0.494 e. The molecule has 2 aromatic rings. The summed E-state index contributed by atoms with van der Waals surface area (Å²) >= 11 is 0. The Morgan fingerprint density at radius 3 is 2.72 bits per heavy atom. The molecule has 134 valence electrons. The molecule has 0 spiro atoms. The Kier molecular flexibility index (Phi) is 7.29. The second kappa shape index (κ2) is 9.44. The maximum absolute atomic E-state index is 12.2. The highest BCUT2D eigenvalue weighted by Gasteiger charge is 2.19. The van der Waals surface area contributed by atoms with Gasteiger partial charge in [-0.15, -0.1) is 12.4 Å². The quantitative estimate of drug-likeness (QED) is 0.832. The van der Waals surface area contributed by atoms with Gasteiger partial charge in [-0.05, 0) is 48.7 Å². The first-order valence-corrected chi connectivity index (χ1v) is 8.56. The summed E-state index contributed by atoms with van der Waals surface area (Å²) in [4.78, 5) is 12.2. The van der Waals surface area contributed by atoms with E-state index in [4.69, 9.17) is 4.74 Å². The summed E-state index contributed by atoms with van der Waals surface area (Å²) in [6, 6.07) is 16.3. The molecule has 0 aliphatic carbocycles. The van der Waals surface area contributed by atoms with Crippen molar-refractivity contribution >= 4 is 18.3 Å². The van der Waals surface area contributed by atoms with E-state index in [1.54, 1.807) is 0 Å². The summed E-state index contributed by atoms with van der Waals surface area (Å²) in [7, 11) is 0. The van der Waals surface area contributed by atoms with E-state index in [1.807, 2.05) is 31.2 Å². The number of carbonyl (C=O) groups is 1. The minimum absolute atomic E-state index is 0. The van der Waals surface area contributed by atoms with E-state index in [2.05, 4.69) is 34.9 Å². The zero-order chi connectivity index (χ0) is 16.8. The molecule has 2 aromatic carbocycles. The molecule has 3 rings (SSSR count). The highest BCUT2D eigenvalue weighted by atomic mass is 35.5. The van der Waals surface area contributed by atoms with Crippen LogP contribution in [0.3, 0.4) is 0 Å². The third-order valence-electron chi connectivity index (χ3n) is 4.32. The monoisotopic (exact) mass is 360 g/mol. The van der Waals surface area contributed by atoms with Crippen LogP contribution in [0, 0.1) is 0 Å². The molecule has 2 N–H and O–H groups in total. The molecular formula is C20H25ClN2O2. The SMILES string of the molecule is CCOc1ccc(CC(=O)NCC2NCCc3ccccc32)cc1.Cl. The maximum atomic E-state index is 12.2. The van der Waals surface area contributed by atoms with Crippen molar-refractivity contribution < 1.29 is 9.53 Å². The number of benzene rings is 2. The van der Waals surface area contributed by atoms with Crippen LogP contribution in [0.1, 0.15) is 29.7 Å². The number of fused-ring (bicyclic) bond motifs is 1. The van der Waals surface area contributed by atoms with Crippen molar-refractivity contribution in [2.75, 3.05) is 19.7 Å². The van der Waals surface area contributed by atoms with Crippen LogP contribution in [-0.2, 0) is 17.6 Å². The van der Waals surface area contributed by atoms with Gasteiger partial charge in [0.25, 0.3) is 0 Å². The Labute approximate surface area is 155 Å². The molecule has 0 saturated carbocycles. The molecule has 5 heteroatoms. The smallest absolute Gasteiger partial charge is 0.224 e. The lowest BCUT2D eigenvalue weighted by atomic mass is 9.94. The van der Waals surface area contributed by atoms with Gasteiger partial charge >= 0.3 is 0 Å². The van der Waals surface area contributed by atoms with Crippen molar-refractivity contribution in [3.8, 4) is 5.75 Å². The van der Waals surface area contributed by atoms with Gasteiger partial charge in [0.15, 0.2) is 0 Å². The lowest BCUT2D eigenvalue weighted by molar-refractivity contribution is -0.120. The Bertz CT molecular complexity index is 688. The lowest BCUT2D eigenvalue weighted by Crippen LogP contribution is -2.39. The summed E-state index contributed by atoms with van der Waals surface area (Å²) in [5, 5.41) is 6.53. The van der Waals surface area contributed by atoms with Crippen molar-refractivity contribution in [3.05, 3.63) is 65.2 Å². The molecule has 1 amide bonds. The van der Waals surface area contributed by atoms with Gasteiger partial charge in [-0.1, -0.05) is 36.4 Å². The molecule has 1 aliphatic rings. The zero-order valence-corrected chi connectivity index (χ0v) is 15.3. The van der Waals surface area contributed by atoms with Crippen LogP contribution in [0.25, 0.3) is 0 Å². The highest BCUT2D eigenvalue weighted by molar-refractivity contribution is 5.85. The molecule has 0 bridgehead atoms. The fraction of sp³-hybridized carbons (Fsp3) is 0.350. The van der Waals surface area contributed by atoms with Crippen molar-refractivity contribution in [3.63, 3.8) is 0 Å². The third-order valence-corrected chi connectivity index (χ3v) is 4.32. The van der Waals surface area contributed by atoms with Gasteiger partial charge in [0.05, 0.1) is 13.0 Å². The maximum Gasteiger partial charge on any atom is 0.224 e. The molecule has 0 fully saturated rings. The van der Waals surface area contributed by atoms with Crippen LogP contribution in [0.15, 0.2) is 48.5 Å². The summed E-state index contributed by atoms with van der Waals surface area (Å²) in [5.41, 5.74) is 3.67. The van der Waals surface area contributed by atoms with Crippen LogP contribution >= 0.6 is 12.4 Å². The van der Waals surface area contributed by atoms with E-state index in [-0.39, 0.29) is 24.4 Å². The Balaban J connectivity index is 0.00000225. The van der Waals surface area contributed by atoms with Crippen molar-refractivity contribution in [2.45, 2.75) is 25.8 Å². The van der Waals surface area contributed by atoms with Gasteiger partial charge in [0.2, 0.25) is 5.91 Å². The second-order valence-electron chi connectivity index (χ2n) is 6.01. The standard InChI is InChI=1S/C20H24N2O2.ClH/c1-2-24-17-9-7-15(8-10-17)13-20(23)22-14-19-18-6-4-3-5-16(18)11-12-21-19;/h3-10,19,21H,2,11-14H2,1H3,(H,22,23);1H. The van der Waals surface area contributed by atoms with Gasteiger partial charge < -0.3 is 15.4 Å². The van der Waals surface area contributed by atoms with Crippen LogP contribution in [0.5, 0.6) is 5.75 Å². The Hall–Kier alpha value is -2.04. The van der Waals surface area contributed by atoms with E-state index in [9.17, 15) is 4.79 Å². The Morgan fingerprint density at radius 1 is 1.20 bits per heavy atom. The average Bonchev–Trinajstić information content (AvgIpc) is 2.62. The number of rotatable bonds is 6. The number of hydrogen-bond donors (Lipinski definition) is 2. The summed E-state index contributed by atoms with van der Waals surface area (Å²) in [6.07, 6.45) is 1.44. The van der Waals surface area contributed by atoms with E-state index < -0.39 is 0 Å². The average molecular weight is 361 g/mol. The van der Waals surface area contributed by atoms with Crippen LogP contribution in [0.2, 0.25) is 0 Å². The van der Waals surface area contributed by atoms with Crippen molar-refractivity contribution in [1.82, 2.24) is 10.6 Å². The highest BCUT2D eigenvalue weighted by Crippen LogP contribution is 2.21. The van der Waals surface area contributed by atoms with Crippen molar-refractivity contribution in [2.24, 2.45) is 0 Å². The van der Waals surface area contributed by atoms with Gasteiger partial charge in [0.1, 0.15) is 5.75 Å². The number of nitrogens with one attached hydrogen (secondary N) is 2. The second-order valence-corrected chi connectivity index (χ2v) is 6.01. The molecule has 0 saturated heterocycles. The fourth-order valence-corrected chi connectivity index (χ4v) is 3.11. The van der Waals surface area contributed by atoms with Crippen LogP contribution in [0.4, 0.5) is 0 Å². The van der Waals surface area contributed by atoms with E-state index >= 15 is 0 Å². The van der Waals surface area contributed by atoms with E-state index in [0.29, 0.717) is 19.6 Å². The number of carbonyl (C=O) groups excluding carboxylic acids is 1. The molecular weight excluding hydrogens is 336 g/mol. The predicted octanol–water partition coefficient (Wildman–Crippen LogP) is 3.05. The van der Waals surface area contributed by atoms with E-state index in [0.717, 1.165) is 24.3 Å². The largest absolute Gasteiger partial charge is 0.494 e. The first-order chi connectivity index (χ1) is 11.8. The number of halogens is 1. The summed E-state index contributed by atoms with van der Waals surface area (Å²) in [5.74, 6) is 0.883. The third kappa shape index (κ3) is 5.21. The summed E-state index contributed by atoms with van der Waals surface area (Å²) in [6.45, 7) is 4.18. The summed E-state index contributed by atoms with van der Waals surface area (Å²) < 4.78 is 5.42. The fourth-order valence-electron chi connectivity index (χ4n) is 3.11. The molecule has 1 atom stereocenters. The Morgan fingerprint density at radius 2 is 1.96 bits per heavy atom. The lowest BCUT2D eigenvalue weighted by Gasteiger charge is -2.27. The first-order valence-electron chi connectivity index (χ1n) is 8.56. The zero-order valence-electron chi connectivity index (χ0n) is 14.5. The normalized spacial score (nSPS) is 15.6. The minimum atomic E-state index is 0. The van der Waals surface area contributed by atoms with E-state index in [1.165, 1.54) is 11.1 Å². The molecule has 1 heterocycles. The molecule has 25 heavy (non-hydrogen) atoms. The van der Waals surface area contributed by atoms with Crippen LogP contribution in [-0.4, -0.2) is 25.6 Å². The van der Waals surface area contributed by atoms with Crippen LogP contribution < -0.4 is 15.4 Å². The van der Waals surface area contributed by atoms with Crippen molar-refractivity contribution in [1.29, 1.82) is 0 Å². The van der Waals surface area contributed by atoms with Gasteiger partial charge in [0, 0.05) is 12.6 Å². The molecule has 4 nitrogen and oxygen atoms in total.